The standard InChI is InChI=1S/C19H20F2N2O2/c1-23-10-2-3-16(23)12-25-19(24)22-18-9-8-15(21)11-17(18)13-4-6-14(20)7-5-13/h4-9,11,16H,2-3,10,12H2,1H3,(H,22,24)/t16-/m0/s1. The van der Waals surface area contributed by atoms with Crippen LogP contribution >= 0.6 is 0 Å². The Labute approximate surface area is 145 Å². The predicted octanol–water partition coefficient (Wildman–Crippen LogP) is 4.27. The Hall–Kier alpha value is -2.47. The summed E-state index contributed by atoms with van der Waals surface area (Å²) >= 11 is 0. The largest absolute Gasteiger partial charge is 0.448 e. The van der Waals surface area contributed by atoms with Crippen molar-refractivity contribution in [3.05, 3.63) is 54.1 Å². The van der Waals surface area contributed by atoms with Crippen molar-refractivity contribution in [3.8, 4) is 11.1 Å². The van der Waals surface area contributed by atoms with Crippen molar-refractivity contribution >= 4 is 11.8 Å². The fraction of sp³-hybridized carbons (Fsp3) is 0.316. The molecule has 1 aliphatic heterocycles. The molecule has 1 N–H and O–H groups in total. The highest BCUT2D eigenvalue weighted by atomic mass is 19.1. The molecule has 0 aliphatic carbocycles. The average molecular weight is 346 g/mol. The number of likely N-dealkylation sites (tertiary alicyclic amines) is 1. The minimum Gasteiger partial charge on any atom is -0.448 e. The Kier molecular flexibility index (Phi) is 5.28. The molecule has 1 fully saturated rings. The van der Waals surface area contributed by atoms with Gasteiger partial charge in [0.25, 0.3) is 0 Å². The van der Waals surface area contributed by atoms with Gasteiger partial charge in [-0.2, -0.15) is 0 Å². The van der Waals surface area contributed by atoms with Gasteiger partial charge in [0.05, 0.1) is 5.69 Å². The quantitative estimate of drug-likeness (QED) is 0.899. The highest BCUT2D eigenvalue weighted by molar-refractivity contribution is 5.91. The van der Waals surface area contributed by atoms with Crippen LogP contribution in [0.15, 0.2) is 42.5 Å². The Morgan fingerprint density at radius 2 is 1.92 bits per heavy atom. The van der Waals surface area contributed by atoms with E-state index in [0.717, 1.165) is 19.4 Å². The maximum Gasteiger partial charge on any atom is 0.411 e. The summed E-state index contributed by atoms with van der Waals surface area (Å²) in [7, 11) is 2.01. The van der Waals surface area contributed by atoms with Crippen LogP contribution in [-0.4, -0.2) is 37.2 Å². The molecule has 1 heterocycles. The number of rotatable bonds is 4. The van der Waals surface area contributed by atoms with E-state index >= 15 is 0 Å². The second-order valence-electron chi connectivity index (χ2n) is 6.20. The second-order valence-corrected chi connectivity index (χ2v) is 6.20. The Morgan fingerprint density at radius 1 is 1.20 bits per heavy atom. The summed E-state index contributed by atoms with van der Waals surface area (Å²) < 4.78 is 32.0. The van der Waals surface area contributed by atoms with Gasteiger partial charge in [-0.15, -0.1) is 0 Å². The van der Waals surface area contributed by atoms with Crippen LogP contribution in [0.3, 0.4) is 0 Å². The number of likely N-dealkylation sites (N-methyl/N-ethyl adjacent to an activating group) is 1. The van der Waals surface area contributed by atoms with E-state index in [0.29, 0.717) is 23.4 Å². The summed E-state index contributed by atoms with van der Waals surface area (Å²) in [5, 5.41) is 2.65. The summed E-state index contributed by atoms with van der Waals surface area (Å²) in [6.07, 6.45) is 1.51. The van der Waals surface area contributed by atoms with E-state index in [1.807, 2.05) is 7.05 Å². The number of hydrogen-bond acceptors (Lipinski definition) is 3. The third-order valence-electron chi connectivity index (χ3n) is 4.45. The maximum absolute atomic E-state index is 13.6. The molecule has 3 rings (SSSR count). The number of carbonyl (C=O) groups excluding carboxylic acids is 1. The number of carbonyl (C=O) groups is 1. The zero-order valence-electron chi connectivity index (χ0n) is 14.0. The number of halogens is 2. The van der Waals surface area contributed by atoms with Gasteiger partial charge in [0.1, 0.15) is 18.2 Å². The molecule has 1 saturated heterocycles. The average Bonchev–Trinajstić information content (AvgIpc) is 3.00. The number of amides is 1. The van der Waals surface area contributed by atoms with Crippen LogP contribution in [0, 0.1) is 11.6 Å². The molecule has 0 bridgehead atoms. The lowest BCUT2D eigenvalue weighted by Gasteiger charge is -2.19. The first-order chi connectivity index (χ1) is 12.0. The number of hydrogen-bond donors (Lipinski definition) is 1. The molecule has 0 aromatic heterocycles. The molecule has 0 radical (unpaired) electrons. The monoisotopic (exact) mass is 346 g/mol. The van der Waals surface area contributed by atoms with Crippen LogP contribution in [0.1, 0.15) is 12.8 Å². The number of anilines is 1. The maximum atomic E-state index is 13.6. The summed E-state index contributed by atoms with van der Waals surface area (Å²) in [4.78, 5) is 14.3. The smallest absolute Gasteiger partial charge is 0.411 e. The molecule has 0 saturated carbocycles. The number of ether oxygens (including phenoxy) is 1. The molecule has 132 valence electrons. The van der Waals surface area contributed by atoms with Gasteiger partial charge < -0.3 is 9.64 Å². The molecule has 4 nitrogen and oxygen atoms in total. The zero-order valence-corrected chi connectivity index (χ0v) is 14.0. The first-order valence-corrected chi connectivity index (χ1v) is 8.22. The summed E-state index contributed by atoms with van der Waals surface area (Å²) in [5.74, 6) is -0.819. The van der Waals surface area contributed by atoms with Crippen LogP contribution in [0.4, 0.5) is 19.3 Å². The molecule has 0 spiro atoms. The minimum absolute atomic E-state index is 0.232. The van der Waals surface area contributed by atoms with Crippen LogP contribution in [0.25, 0.3) is 11.1 Å². The Morgan fingerprint density at radius 3 is 2.60 bits per heavy atom. The molecule has 1 atom stereocenters. The number of benzene rings is 2. The van der Waals surface area contributed by atoms with Crippen molar-refractivity contribution in [1.82, 2.24) is 4.90 Å². The van der Waals surface area contributed by atoms with Crippen molar-refractivity contribution in [1.29, 1.82) is 0 Å². The lowest BCUT2D eigenvalue weighted by molar-refractivity contribution is 0.127. The predicted molar refractivity (Wildman–Crippen MR) is 92.4 cm³/mol. The fourth-order valence-electron chi connectivity index (χ4n) is 3.00. The third kappa shape index (κ3) is 4.33. The van der Waals surface area contributed by atoms with Gasteiger partial charge in [0.2, 0.25) is 0 Å². The van der Waals surface area contributed by atoms with Gasteiger partial charge in [0.15, 0.2) is 0 Å². The molecule has 2 aromatic rings. The van der Waals surface area contributed by atoms with E-state index in [9.17, 15) is 13.6 Å². The molecule has 0 unspecified atom stereocenters. The highest BCUT2D eigenvalue weighted by Gasteiger charge is 2.22. The van der Waals surface area contributed by atoms with Crippen LogP contribution in [0.2, 0.25) is 0 Å². The van der Waals surface area contributed by atoms with Crippen molar-refractivity contribution in [2.45, 2.75) is 18.9 Å². The van der Waals surface area contributed by atoms with E-state index in [1.54, 1.807) is 0 Å². The molecule has 6 heteroatoms. The first kappa shape index (κ1) is 17.4. The van der Waals surface area contributed by atoms with Crippen molar-refractivity contribution < 1.29 is 18.3 Å². The van der Waals surface area contributed by atoms with Gasteiger partial charge in [0, 0.05) is 11.6 Å². The van der Waals surface area contributed by atoms with Crippen LogP contribution in [-0.2, 0) is 4.74 Å². The fourth-order valence-corrected chi connectivity index (χ4v) is 3.00. The van der Waals surface area contributed by atoms with Gasteiger partial charge in [-0.25, -0.2) is 13.6 Å². The SMILES string of the molecule is CN1CCC[C@H]1COC(=O)Nc1ccc(F)cc1-c1ccc(F)cc1. The molecule has 2 aromatic carbocycles. The second kappa shape index (κ2) is 7.61. The van der Waals surface area contributed by atoms with E-state index in [1.165, 1.54) is 42.5 Å². The summed E-state index contributed by atoms with van der Waals surface area (Å²) in [6, 6.07) is 9.91. The van der Waals surface area contributed by atoms with Gasteiger partial charge >= 0.3 is 6.09 Å². The molecule has 1 aliphatic rings. The van der Waals surface area contributed by atoms with E-state index in [2.05, 4.69) is 10.2 Å². The summed E-state index contributed by atoms with van der Waals surface area (Å²) in [6.45, 7) is 1.32. The van der Waals surface area contributed by atoms with Gasteiger partial charge in [-0.1, -0.05) is 12.1 Å². The summed E-state index contributed by atoms with van der Waals surface area (Å²) in [5.41, 5.74) is 1.49. The van der Waals surface area contributed by atoms with E-state index in [-0.39, 0.29) is 11.9 Å². The zero-order chi connectivity index (χ0) is 17.8. The third-order valence-corrected chi connectivity index (χ3v) is 4.45. The highest BCUT2D eigenvalue weighted by Crippen LogP contribution is 2.29. The Balaban J connectivity index is 1.71. The Bertz CT molecular complexity index is 750. The normalized spacial score (nSPS) is 17.5. The molecular formula is C19H20F2N2O2. The topological polar surface area (TPSA) is 41.6 Å². The molecule has 25 heavy (non-hydrogen) atoms. The van der Waals surface area contributed by atoms with E-state index < -0.39 is 11.9 Å². The molecule has 1 amide bonds. The van der Waals surface area contributed by atoms with Crippen molar-refractivity contribution in [2.75, 3.05) is 25.5 Å². The number of nitrogens with zero attached hydrogens (tertiary/aromatic N) is 1. The number of nitrogens with one attached hydrogen (secondary N) is 1. The van der Waals surface area contributed by atoms with Crippen molar-refractivity contribution in [2.24, 2.45) is 0 Å². The van der Waals surface area contributed by atoms with Gasteiger partial charge in [-0.05, 0) is 62.3 Å². The van der Waals surface area contributed by atoms with E-state index in [4.69, 9.17) is 4.74 Å². The van der Waals surface area contributed by atoms with Crippen LogP contribution < -0.4 is 5.32 Å². The lowest BCUT2D eigenvalue weighted by atomic mass is 10.0. The molecular weight excluding hydrogens is 326 g/mol. The van der Waals surface area contributed by atoms with Gasteiger partial charge in [-0.3, -0.25) is 5.32 Å². The first-order valence-electron chi connectivity index (χ1n) is 8.22. The lowest BCUT2D eigenvalue weighted by Crippen LogP contribution is -2.31. The van der Waals surface area contributed by atoms with Crippen molar-refractivity contribution in [3.63, 3.8) is 0 Å². The van der Waals surface area contributed by atoms with Crippen LogP contribution in [0.5, 0.6) is 0 Å². The minimum atomic E-state index is -0.588.